The fourth-order valence-electron chi connectivity index (χ4n) is 3.51. The minimum absolute atomic E-state index is 0.120. The molecule has 0 bridgehead atoms. The summed E-state index contributed by atoms with van der Waals surface area (Å²) in [6.07, 6.45) is 0.672. The van der Waals surface area contributed by atoms with E-state index in [1.54, 1.807) is 54.3 Å². The van der Waals surface area contributed by atoms with Gasteiger partial charge in [-0.15, -0.1) is 11.3 Å². The van der Waals surface area contributed by atoms with Gasteiger partial charge in [0, 0.05) is 18.6 Å². The molecule has 33 heavy (non-hydrogen) atoms. The van der Waals surface area contributed by atoms with E-state index in [0.717, 1.165) is 21.8 Å². The summed E-state index contributed by atoms with van der Waals surface area (Å²) in [4.78, 5) is 16.1. The van der Waals surface area contributed by atoms with E-state index in [0.29, 0.717) is 35.2 Å². The van der Waals surface area contributed by atoms with E-state index in [1.165, 1.54) is 0 Å². The summed E-state index contributed by atoms with van der Waals surface area (Å²) in [5.74, 6) is 1.23. The Morgan fingerprint density at radius 1 is 1.06 bits per heavy atom. The third-order valence-electron chi connectivity index (χ3n) is 5.29. The summed E-state index contributed by atoms with van der Waals surface area (Å²) in [5, 5.41) is 7.29. The summed E-state index contributed by atoms with van der Waals surface area (Å²) < 4.78 is 12.4. The fourth-order valence-corrected chi connectivity index (χ4v) is 4.38. The van der Waals surface area contributed by atoms with Gasteiger partial charge in [0.2, 0.25) is 0 Å². The van der Waals surface area contributed by atoms with Crippen LogP contribution >= 0.6 is 22.9 Å². The highest BCUT2D eigenvalue weighted by Crippen LogP contribution is 2.29. The number of likely N-dealkylation sites (N-methyl/N-ethyl adjacent to an activating group) is 1. The molecule has 4 rings (SSSR count). The molecule has 0 spiro atoms. The lowest BCUT2D eigenvalue weighted by atomic mass is 10.1. The van der Waals surface area contributed by atoms with Gasteiger partial charge in [-0.1, -0.05) is 29.8 Å². The molecule has 0 aliphatic rings. The standard InChI is InChI=1S/C25H24ClN3O3S/c1-28(12-11-17-9-10-22(31-2)23(14-17)32-3)25(30)21-16-20(24-8-5-13-33-24)27-29(21)19-7-4-6-18(26)15-19/h4-10,13-16H,11-12H2,1-3H3. The highest BCUT2D eigenvalue weighted by molar-refractivity contribution is 7.13. The zero-order valence-electron chi connectivity index (χ0n) is 18.6. The van der Waals surface area contributed by atoms with E-state index in [-0.39, 0.29) is 5.91 Å². The van der Waals surface area contributed by atoms with Crippen molar-refractivity contribution in [1.29, 1.82) is 0 Å². The number of aromatic nitrogens is 2. The van der Waals surface area contributed by atoms with Gasteiger partial charge in [-0.2, -0.15) is 5.10 Å². The Balaban J connectivity index is 1.59. The summed E-state index contributed by atoms with van der Waals surface area (Å²) in [6.45, 7) is 0.531. The first-order valence-corrected chi connectivity index (χ1v) is 11.6. The highest BCUT2D eigenvalue weighted by Gasteiger charge is 2.21. The van der Waals surface area contributed by atoms with Gasteiger partial charge in [0.1, 0.15) is 11.4 Å². The highest BCUT2D eigenvalue weighted by atomic mass is 35.5. The Kier molecular flexibility index (Phi) is 7.01. The van der Waals surface area contributed by atoms with E-state index < -0.39 is 0 Å². The van der Waals surface area contributed by atoms with Gasteiger partial charge < -0.3 is 14.4 Å². The van der Waals surface area contributed by atoms with E-state index in [9.17, 15) is 4.79 Å². The van der Waals surface area contributed by atoms with Crippen LogP contribution in [0.1, 0.15) is 16.1 Å². The lowest BCUT2D eigenvalue weighted by molar-refractivity contribution is 0.0787. The van der Waals surface area contributed by atoms with Crippen molar-refractivity contribution in [3.63, 3.8) is 0 Å². The van der Waals surface area contributed by atoms with Crippen molar-refractivity contribution >= 4 is 28.8 Å². The monoisotopic (exact) mass is 481 g/mol. The second-order valence-electron chi connectivity index (χ2n) is 7.45. The molecular formula is C25H24ClN3O3S. The van der Waals surface area contributed by atoms with Crippen molar-refractivity contribution in [3.05, 3.63) is 82.3 Å². The first-order chi connectivity index (χ1) is 16.0. The van der Waals surface area contributed by atoms with Crippen LogP contribution in [-0.2, 0) is 6.42 Å². The number of carbonyl (C=O) groups excluding carboxylic acids is 1. The first kappa shape index (κ1) is 22.9. The second-order valence-corrected chi connectivity index (χ2v) is 8.83. The number of methoxy groups -OCH3 is 2. The van der Waals surface area contributed by atoms with Gasteiger partial charge in [0.15, 0.2) is 11.5 Å². The Morgan fingerprint density at radius 3 is 2.58 bits per heavy atom. The van der Waals surface area contributed by atoms with Crippen LogP contribution < -0.4 is 9.47 Å². The number of halogens is 1. The predicted molar refractivity (Wildman–Crippen MR) is 132 cm³/mol. The number of amides is 1. The first-order valence-electron chi connectivity index (χ1n) is 10.4. The van der Waals surface area contributed by atoms with Gasteiger partial charge in [0.25, 0.3) is 5.91 Å². The molecular weight excluding hydrogens is 458 g/mol. The normalized spacial score (nSPS) is 10.8. The summed E-state index contributed by atoms with van der Waals surface area (Å²) in [6, 6.07) is 18.9. The van der Waals surface area contributed by atoms with Crippen molar-refractivity contribution in [2.24, 2.45) is 0 Å². The molecule has 0 unspecified atom stereocenters. The molecule has 0 atom stereocenters. The van der Waals surface area contributed by atoms with E-state index in [2.05, 4.69) is 0 Å². The average molecular weight is 482 g/mol. The molecule has 6 nitrogen and oxygen atoms in total. The fraction of sp³-hybridized carbons (Fsp3) is 0.200. The molecule has 0 saturated heterocycles. The molecule has 0 saturated carbocycles. The van der Waals surface area contributed by atoms with Crippen LogP contribution in [0.5, 0.6) is 11.5 Å². The topological polar surface area (TPSA) is 56.6 Å². The summed E-state index contributed by atoms with van der Waals surface area (Å²) >= 11 is 7.79. The van der Waals surface area contributed by atoms with Crippen LogP contribution in [0.15, 0.2) is 66.0 Å². The van der Waals surface area contributed by atoms with Crippen LogP contribution in [0, 0.1) is 0 Å². The molecule has 170 valence electrons. The minimum atomic E-state index is -0.120. The minimum Gasteiger partial charge on any atom is -0.493 e. The van der Waals surface area contributed by atoms with Gasteiger partial charge >= 0.3 is 0 Å². The van der Waals surface area contributed by atoms with Crippen molar-refractivity contribution in [1.82, 2.24) is 14.7 Å². The third-order valence-corrected chi connectivity index (χ3v) is 6.41. The van der Waals surface area contributed by atoms with E-state index >= 15 is 0 Å². The molecule has 4 aromatic rings. The van der Waals surface area contributed by atoms with Gasteiger partial charge in [-0.3, -0.25) is 4.79 Å². The molecule has 0 aliphatic carbocycles. The maximum atomic E-state index is 13.4. The van der Waals surface area contributed by atoms with Crippen molar-refractivity contribution in [2.75, 3.05) is 27.8 Å². The molecule has 2 heterocycles. The Morgan fingerprint density at radius 2 is 1.88 bits per heavy atom. The smallest absolute Gasteiger partial charge is 0.272 e. The van der Waals surface area contributed by atoms with Crippen LogP contribution in [0.3, 0.4) is 0 Å². The Labute approximate surface area is 201 Å². The number of hydrogen-bond donors (Lipinski definition) is 0. The van der Waals surface area contributed by atoms with Crippen molar-refractivity contribution in [3.8, 4) is 27.8 Å². The lowest BCUT2D eigenvalue weighted by Crippen LogP contribution is -2.30. The molecule has 0 N–H and O–H groups in total. The largest absolute Gasteiger partial charge is 0.493 e. The molecule has 0 aliphatic heterocycles. The molecule has 1 amide bonds. The Bertz CT molecular complexity index is 1250. The van der Waals surface area contributed by atoms with Gasteiger partial charge in [0.05, 0.1) is 24.8 Å². The lowest BCUT2D eigenvalue weighted by Gasteiger charge is -2.18. The molecule has 2 aromatic carbocycles. The number of ether oxygens (including phenoxy) is 2. The predicted octanol–water partition coefficient (Wildman–Crippen LogP) is 5.59. The molecule has 0 fully saturated rings. The number of thiophene rings is 1. The molecule has 0 radical (unpaired) electrons. The number of rotatable bonds is 8. The third kappa shape index (κ3) is 5.05. The van der Waals surface area contributed by atoms with Crippen molar-refractivity contribution in [2.45, 2.75) is 6.42 Å². The summed E-state index contributed by atoms with van der Waals surface area (Å²) in [7, 11) is 5.01. The average Bonchev–Trinajstić information content (AvgIpc) is 3.52. The number of carbonyl (C=O) groups is 1. The van der Waals surface area contributed by atoms with Gasteiger partial charge in [-0.05, 0) is 59.8 Å². The second kappa shape index (κ2) is 10.1. The van der Waals surface area contributed by atoms with Crippen LogP contribution in [0.4, 0.5) is 0 Å². The maximum Gasteiger partial charge on any atom is 0.272 e. The number of benzene rings is 2. The Hall–Kier alpha value is -3.29. The molecule has 8 heteroatoms. The van der Waals surface area contributed by atoms with E-state index in [4.69, 9.17) is 26.2 Å². The zero-order valence-corrected chi connectivity index (χ0v) is 20.2. The zero-order chi connectivity index (χ0) is 23.4. The van der Waals surface area contributed by atoms with Crippen LogP contribution in [0.25, 0.3) is 16.3 Å². The van der Waals surface area contributed by atoms with Crippen molar-refractivity contribution < 1.29 is 14.3 Å². The van der Waals surface area contributed by atoms with E-state index in [1.807, 2.05) is 53.9 Å². The summed E-state index contributed by atoms with van der Waals surface area (Å²) in [5.41, 5.74) is 3.02. The maximum absolute atomic E-state index is 13.4. The van der Waals surface area contributed by atoms with Gasteiger partial charge in [-0.25, -0.2) is 4.68 Å². The quantitative estimate of drug-likeness (QED) is 0.329. The van der Waals surface area contributed by atoms with Crippen LogP contribution in [0.2, 0.25) is 5.02 Å². The number of nitrogens with zero attached hydrogens (tertiary/aromatic N) is 3. The SMILES string of the molecule is COc1ccc(CCN(C)C(=O)c2cc(-c3cccs3)nn2-c2cccc(Cl)c2)cc1OC. The molecule has 2 aromatic heterocycles. The number of hydrogen-bond acceptors (Lipinski definition) is 5. The van der Waals surface area contributed by atoms with Crippen LogP contribution in [-0.4, -0.2) is 48.4 Å².